The molecule has 1 aromatic rings. The van der Waals surface area contributed by atoms with Crippen molar-refractivity contribution in [3.63, 3.8) is 0 Å². The summed E-state index contributed by atoms with van der Waals surface area (Å²) in [4.78, 5) is 4.09. The number of nitrogens with one attached hydrogen (secondary N) is 3. The third-order valence-corrected chi connectivity index (χ3v) is 2.37. The molecular formula is C11H16N6S. The number of anilines is 1. The number of hydrazone groups is 2. The molecule has 1 rings (SSSR count). The summed E-state index contributed by atoms with van der Waals surface area (Å²) in [5, 5.41) is 11.5. The van der Waals surface area contributed by atoms with Crippen LogP contribution in [-0.2, 0) is 0 Å². The molecule has 6 nitrogen and oxygen atoms in total. The minimum atomic E-state index is 0.458. The molecule has 0 aromatic carbocycles. The lowest BCUT2D eigenvalue weighted by Crippen LogP contribution is -2.30. The smallest absolute Gasteiger partial charge is 0.186 e. The molecule has 0 aliphatic rings. The van der Waals surface area contributed by atoms with Crippen molar-refractivity contribution in [2.24, 2.45) is 10.2 Å². The molecule has 18 heavy (non-hydrogen) atoms. The van der Waals surface area contributed by atoms with Gasteiger partial charge in [0.25, 0.3) is 0 Å². The molecule has 0 unspecified atom stereocenters. The maximum atomic E-state index is 4.91. The predicted molar refractivity (Wildman–Crippen MR) is 78.9 cm³/mol. The average Bonchev–Trinajstić information content (AvgIpc) is 2.42. The molecule has 3 N–H and O–H groups in total. The minimum Gasteiger partial charge on any atom is -0.364 e. The van der Waals surface area contributed by atoms with Gasteiger partial charge in [0.2, 0.25) is 0 Å². The van der Waals surface area contributed by atoms with E-state index in [9.17, 15) is 0 Å². The monoisotopic (exact) mass is 264 g/mol. The fourth-order valence-electron chi connectivity index (χ4n) is 0.922. The average molecular weight is 264 g/mol. The third kappa shape index (κ3) is 4.88. The highest BCUT2D eigenvalue weighted by molar-refractivity contribution is 7.80. The number of rotatable bonds is 4. The van der Waals surface area contributed by atoms with Gasteiger partial charge < -0.3 is 5.32 Å². The molecule has 0 saturated carbocycles. The molecule has 0 bridgehead atoms. The van der Waals surface area contributed by atoms with E-state index >= 15 is 0 Å². The van der Waals surface area contributed by atoms with Crippen LogP contribution in [0, 0.1) is 0 Å². The molecular weight excluding hydrogens is 248 g/mol. The molecule has 0 aliphatic carbocycles. The van der Waals surface area contributed by atoms with E-state index < -0.39 is 0 Å². The van der Waals surface area contributed by atoms with E-state index in [-0.39, 0.29) is 0 Å². The van der Waals surface area contributed by atoms with Crippen molar-refractivity contribution in [2.75, 3.05) is 12.5 Å². The normalized spacial score (nSPS) is 11.9. The molecule has 0 fully saturated rings. The van der Waals surface area contributed by atoms with Gasteiger partial charge in [-0.2, -0.15) is 10.2 Å². The molecule has 0 radical (unpaired) electrons. The van der Waals surface area contributed by atoms with Crippen molar-refractivity contribution in [1.29, 1.82) is 0 Å². The second kappa shape index (κ2) is 7.33. The summed E-state index contributed by atoms with van der Waals surface area (Å²) in [7, 11) is 1.73. The van der Waals surface area contributed by atoms with Gasteiger partial charge in [-0.05, 0) is 38.2 Å². The summed E-state index contributed by atoms with van der Waals surface area (Å²) >= 11 is 4.91. The zero-order valence-corrected chi connectivity index (χ0v) is 11.4. The lowest BCUT2D eigenvalue weighted by Gasteiger charge is -2.04. The number of thiocarbonyl (C=S) groups is 1. The molecule has 7 heteroatoms. The summed E-state index contributed by atoms with van der Waals surface area (Å²) in [6.45, 7) is 3.68. The van der Waals surface area contributed by atoms with E-state index in [4.69, 9.17) is 12.2 Å². The van der Waals surface area contributed by atoms with E-state index in [2.05, 4.69) is 31.4 Å². The van der Waals surface area contributed by atoms with Crippen molar-refractivity contribution >= 4 is 34.6 Å². The van der Waals surface area contributed by atoms with Crippen LogP contribution in [0.25, 0.3) is 0 Å². The van der Waals surface area contributed by atoms with E-state index in [0.29, 0.717) is 10.9 Å². The van der Waals surface area contributed by atoms with Crippen LogP contribution in [-0.4, -0.2) is 28.6 Å². The Morgan fingerprint density at radius 2 is 1.94 bits per heavy atom. The lowest BCUT2D eigenvalue weighted by atomic mass is 10.3. The topological polar surface area (TPSA) is 73.7 Å². The van der Waals surface area contributed by atoms with E-state index in [1.165, 1.54) is 0 Å². The maximum Gasteiger partial charge on any atom is 0.186 e. The number of aromatic nitrogens is 1. The fraction of sp³-hybridized carbons (Fsp3) is 0.273. The molecule has 1 heterocycles. The van der Waals surface area contributed by atoms with Crippen LogP contribution in [0.1, 0.15) is 13.8 Å². The number of hydrogen-bond acceptors (Lipinski definition) is 5. The Balaban J connectivity index is 2.58. The first-order valence-corrected chi connectivity index (χ1v) is 5.78. The summed E-state index contributed by atoms with van der Waals surface area (Å²) in [6.07, 6.45) is 1.70. The highest BCUT2D eigenvalue weighted by atomic mass is 32.1. The van der Waals surface area contributed by atoms with Gasteiger partial charge in [-0.15, -0.1) is 0 Å². The number of pyridine rings is 1. The predicted octanol–water partition coefficient (Wildman–Crippen LogP) is 1.34. The van der Waals surface area contributed by atoms with Crippen LogP contribution in [0.3, 0.4) is 0 Å². The van der Waals surface area contributed by atoms with Gasteiger partial charge in [0.15, 0.2) is 5.11 Å². The molecule has 1 aromatic heterocycles. The Morgan fingerprint density at radius 1 is 1.22 bits per heavy atom. The zero-order chi connectivity index (χ0) is 13.4. The Kier molecular flexibility index (Phi) is 5.72. The first kappa shape index (κ1) is 14.0. The molecule has 0 amide bonds. The quantitative estimate of drug-likeness (QED) is 0.435. The molecule has 0 spiro atoms. The van der Waals surface area contributed by atoms with E-state index in [1.807, 2.05) is 32.0 Å². The molecule has 96 valence electrons. The Bertz CT molecular complexity index is 454. The number of nitrogens with zero attached hydrogens (tertiary/aromatic N) is 3. The van der Waals surface area contributed by atoms with Gasteiger partial charge in [-0.25, -0.2) is 4.98 Å². The molecule has 0 aliphatic heterocycles. The SMILES string of the molecule is CNC(=S)N/N=C(C)/C(C)=N/Nc1ccccn1. The Morgan fingerprint density at radius 3 is 2.56 bits per heavy atom. The highest BCUT2D eigenvalue weighted by Crippen LogP contribution is 1.99. The van der Waals surface area contributed by atoms with E-state index in [1.54, 1.807) is 13.2 Å². The van der Waals surface area contributed by atoms with Crippen LogP contribution in [0.15, 0.2) is 34.6 Å². The summed E-state index contributed by atoms with van der Waals surface area (Å²) < 4.78 is 0. The Labute approximate surface area is 112 Å². The number of hydrogen-bond donors (Lipinski definition) is 3. The van der Waals surface area contributed by atoms with Crippen LogP contribution >= 0.6 is 12.2 Å². The molecule has 0 saturated heterocycles. The van der Waals surface area contributed by atoms with Crippen LogP contribution in [0.4, 0.5) is 5.82 Å². The van der Waals surface area contributed by atoms with Crippen LogP contribution < -0.4 is 16.2 Å². The van der Waals surface area contributed by atoms with Crippen molar-refractivity contribution in [1.82, 2.24) is 15.7 Å². The van der Waals surface area contributed by atoms with Gasteiger partial charge in [0.05, 0.1) is 11.4 Å². The maximum absolute atomic E-state index is 4.91. The largest absolute Gasteiger partial charge is 0.364 e. The van der Waals surface area contributed by atoms with Crippen molar-refractivity contribution in [3.8, 4) is 0 Å². The van der Waals surface area contributed by atoms with Gasteiger partial charge in [-0.1, -0.05) is 6.07 Å². The fourth-order valence-corrected chi connectivity index (χ4v) is 0.968. The van der Waals surface area contributed by atoms with Crippen molar-refractivity contribution in [2.45, 2.75) is 13.8 Å². The Hall–Kier alpha value is -2.02. The summed E-state index contributed by atoms with van der Waals surface area (Å²) in [5.41, 5.74) is 7.02. The summed E-state index contributed by atoms with van der Waals surface area (Å²) in [6, 6.07) is 5.56. The van der Waals surface area contributed by atoms with Crippen LogP contribution in [0.2, 0.25) is 0 Å². The first-order chi connectivity index (χ1) is 8.63. The lowest BCUT2D eigenvalue weighted by molar-refractivity contribution is 0.976. The molecule has 0 atom stereocenters. The van der Waals surface area contributed by atoms with Gasteiger partial charge in [0.1, 0.15) is 5.82 Å². The summed E-state index contributed by atoms with van der Waals surface area (Å²) in [5.74, 6) is 0.684. The van der Waals surface area contributed by atoms with E-state index in [0.717, 1.165) is 11.4 Å². The van der Waals surface area contributed by atoms with Gasteiger partial charge in [-0.3, -0.25) is 10.9 Å². The van der Waals surface area contributed by atoms with Crippen molar-refractivity contribution in [3.05, 3.63) is 24.4 Å². The standard InChI is InChI=1S/C11H16N6S/c1-8(9(2)15-17-11(18)12-3)14-16-10-6-4-5-7-13-10/h4-7H,1-3H3,(H,13,16)(H2,12,17,18)/b14-8+,15-9+. The van der Waals surface area contributed by atoms with Crippen molar-refractivity contribution < 1.29 is 0 Å². The highest BCUT2D eigenvalue weighted by Gasteiger charge is 1.98. The zero-order valence-electron chi connectivity index (χ0n) is 10.6. The first-order valence-electron chi connectivity index (χ1n) is 5.37. The van der Waals surface area contributed by atoms with Gasteiger partial charge in [0, 0.05) is 13.2 Å². The van der Waals surface area contributed by atoms with Gasteiger partial charge >= 0.3 is 0 Å². The third-order valence-electron chi connectivity index (χ3n) is 2.08. The second-order valence-corrected chi connectivity index (χ2v) is 3.82. The second-order valence-electron chi connectivity index (χ2n) is 3.41. The minimum absolute atomic E-state index is 0.458. The van der Waals surface area contributed by atoms with Crippen LogP contribution in [0.5, 0.6) is 0 Å².